The zero-order valence-corrected chi connectivity index (χ0v) is 19.0. The second-order valence-electron chi connectivity index (χ2n) is 7.42. The molecule has 0 bridgehead atoms. The Kier molecular flexibility index (Phi) is 5.95. The molecule has 164 valence electrons. The van der Waals surface area contributed by atoms with Crippen LogP contribution in [0.3, 0.4) is 0 Å². The van der Waals surface area contributed by atoms with Gasteiger partial charge in [0, 0.05) is 21.1 Å². The van der Waals surface area contributed by atoms with E-state index in [1.165, 1.54) is 21.3 Å². The number of benzene rings is 2. The molecule has 0 aliphatic heterocycles. The van der Waals surface area contributed by atoms with Crippen LogP contribution in [0, 0.1) is 6.92 Å². The number of rotatable bonds is 6. The average molecular weight is 450 g/mol. The highest BCUT2D eigenvalue weighted by Crippen LogP contribution is 2.35. The van der Waals surface area contributed by atoms with E-state index in [1.54, 1.807) is 23.5 Å². The summed E-state index contributed by atoms with van der Waals surface area (Å²) >= 11 is 1.21. The van der Waals surface area contributed by atoms with Crippen LogP contribution in [0.4, 0.5) is 0 Å². The van der Waals surface area contributed by atoms with Gasteiger partial charge in [0.15, 0.2) is 5.69 Å². The molecule has 0 spiro atoms. The minimum Gasteiger partial charge on any atom is -0.348 e. The summed E-state index contributed by atoms with van der Waals surface area (Å²) in [6.07, 6.45) is 0. The summed E-state index contributed by atoms with van der Waals surface area (Å²) in [4.78, 5) is 27.9. The molecule has 2 aromatic carbocycles. The lowest BCUT2D eigenvalue weighted by Gasteiger charge is -2.19. The van der Waals surface area contributed by atoms with E-state index >= 15 is 0 Å². The topological polar surface area (TPSA) is 90.8 Å². The molecule has 32 heavy (non-hydrogen) atoms. The summed E-state index contributed by atoms with van der Waals surface area (Å²) in [7, 11) is 5.23. The smallest absolute Gasteiger partial charge is 0.297 e. The molecule has 2 aromatic heterocycles. The lowest BCUT2D eigenvalue weighted by molar-refractivity contribution is -0.128. The number of nitrogens with zero attached hydrogens (tertiary/aromatic N) is 7. The minimum atomic E-state index is -0.559. The molecule has 4 rings (SSSR count). The van der Waals surface area contributed by atoms with Crippen LogP contribution in [-0.2, 0) is 11.8 Å². The van der Waals surface area contributed by atoms with Gasteiger partial charge in [0.2, 0.25) is 11.1 Å². The number of hydrogen-bond donors (Lipinski definition) is 0. The fraction of sp³-hybridized carbons (Fsp3) is 0.227. The molecule has 1 atom stereocenters. The van der Waals surface area contributed by atoms with Gasteiger partial charge in [-0.3, -0.25) is 14.3 Å². The summed E-state index contributed by atoms with van der Waals surface area (Å²) in [5, 5.41) is 11.8. The molecule has 1 unspecified atom stereocenters. The molecule has 0 radical (unpaired) electrons. The molecule has 4 aromatic rings. The van der Waals surface area contributed by atoms with Gasteiger partial charge in [0.1, 0.15) is 5.25 Å². The van der Waals surface area contributed by atoms with Crippen molar-refractivity contribution in [3.63, 3.8) is 0 Å². The largest absolute Gasteiger partial charge is 0.348 e. The molecule has 0 saturated heterocycles. The van der Waals surface area contributed by atoms with E-state index in [0.29, 0.717) is 16.5 Å². The van der Waals surface area contributed by atoms with Gasteiger partial charge in [-0.05, 0) is 35.0 Å². The molecule has 0 aliphatic carbocycles. The molecule has 0 saturated carbocycles. The van der Waals surface area contributed by atoms with Crippen LogP contribution >= 0.6 is 11.8 Å². The Labute approximate surface area is 189 Å². The van der Waals surface area contributed by atoms with E-state index < -0.39 is 5.25 Å². The number of carbonyl (C=O) groups excluding carboxylic acids is 1. The first-order valence-corrected chi connectivity index (χ1v) is 10.8. The molecule has 9 nitrogen and oxygen atoms in total. The monoisotopic (exact) mass is 449 g/mol. The third kappa shape index (κ3) is 3.84. The molecule has 10 heteroatoms. The molecule has 0 aliphatic rings. The van der Waals surface area contributed by atoms with Gasteiger partial charge in [-0.15, -0.1) is 5.10 Å². The van der Waals surface area contributed by atoms with Gasteiger partial charge in [0.05, 0.1) is 11.4 Å². The van der Waals surface area contributed by atoms with Crippen molar-refractivity contribution in [3.05, 3.63) is 82.3 Å². The Bertz CT molecular complexity index is 1290. The molecular weight excluding hydrogens is 426 g/mol. The first kappa shape index (κ1) is 21.6. The van der Waals surface area contributed by atoms with Crippen LogP contribution < -0.4 is 5.56 Å². The van der Waals surface area contributed by atoms with Crippen molar-refractivity contribution in [1.29, 1.82) is 0 Å². The summed E-state index contributed by atoms with van der Waals surface area (Å²) in [6, 6.07) is 18.8. The van der Waals surface area contributed by atoms with E-state index in [4.69, 9.17) is 0 Å². The highest BCUT2D eigenvalue weighted by atomic mass is 32.2. The normalized spacial score (nSPS) is 12.0. The van der Waals surface area contributed by atoms with E-state index in [0.717, 1.165) is 11.3 Å². The predicted octanol–water partition coefficient (Wildman–Crippen LogP) is 2.38. The van der Waals surface area contributed by atoms with Gasteiger partial charge in [-0.25, -0.2) is 4.68 Å². The Balaban J connectivity index is 1.79. The summed E-state index contributed by atoms with van der Waals surface area (Å²) < 4.78 is 4.75. The maximum atomic E-state index is 13.4. The third-order valence-corrected chi connectivity index (χ3v) is 6.34. The lowest BCUT2D eigenvalue weighted by atomic mass is 10.1. The van der Waals surface area contributed by atoms with E-state index in [-0.39, 0.29) is 11.5 Å². The van der Waals surface area contributed by atoms with Gasteiger partial charge >= 0.3 is 0 Å². The zero-order valence-electron chi connectivity index (χ0n) is 18.2. The van der Waals surface area contributed by atoms with Crippen molar-refractivity contribution in [2.75, 3.05) is 14.1 Å². The average Bonchev–Trinajstić information content (AvgIpc) is 3.34. The number of hydrogen-bond acceptors (Lipinski definition) is 6. The van der Waals surface area contributed by atoms with Crippen LogP contribution in [0.15, 0.2) is 70.6 Å². The Morgan fingerprint density at radius 2 is 1.66 bits per heavy atom. The van der Waals surface area contributed by atoms with Crippen LogP contribution in [-0.4, -0.2) is 54.5 Å². The summed E-state index contributed by atoms with van der Waals surface area (Å²) in [5.41, 5.74) is 2.36. The summed E-state index contributed by atoms with van der Waals surface area (Å²) in [6.45, 7) is 1.84. The van der Waals surface area contributed by atoms with E-state index in [9.17, 15) is 9.59 Å². The maximum absolute atomic E-state index is 13.4. The van der Waals surface area contributed by atoms with Crippen LogP contribution in [0.5, 0.6) is 0 Å². The number of carbonyl (C=O) groups is 1. The van der Waals surface area contributed by atoms with Crippen LogP contribution in [0.25, 0.3) is 11.4 Å². The number of amides is 1. The number of aromatic nitrogens is 6. The minimum absolute atomic E-state index is 0.0952. The van der Waals surface area contributed by atoms with Crippen molar-refractivity contribution in [2.24, 2.45) is 7.05 Å². The van der Waals surface area contributed by atoms with E-state index in [2.05, 4.69) is 15.5 Å². The van der Waals surface area contributed by atoms with Crippen molar-refractivity contribution >= 4 is 17.7 Å². The van der Waals surface area contributed by atoms with Crippen molar-refractivity contribution < 1.29 is 4.79 Å². The predicted molar refractivity (Wildman–Crippen MR) is 122 cm³/mol. The van der Waals surface area contributed by atoms with Gasteiger partial charge in [-0.2, -0.15) is 4.68 Å². The van der Waals surface area contributed by atoms with Gasteiger partial charge in [0.25, 0.3) is 5.56 Å². The van der Waals surface area contributed by atoms with Crippen molar-refractivity contribution in [2.45, 2.75) is 17.3 Å². The third-order valence-electron chi connectivity index (χ3n) is 5.17. The summed E-state index contributed by atoms with van der Waals surface area (Å²) in [5.74, 6) is -0.0952. The Hall–Kier alpha value is -3.66. The van der Waals surface area contributed by atoms with Crippen LogP contribution in [0.1, 0.15) is 16.5 Å². The van der Waals surface area contributed by atoms with Gasteiger partial charge in [-0.1, -0.05) is 60.3 Å². The SMILES string of the molecule is Cc1c(-n2nnnc2SC(C(=O)N(C)C)c2ccccc2)c(=O)n(-c2ccccc2)n1C. The molecule has 2 heterocycles. The first-order valence-electron chi connectivity index (χ1n) is 9.95. The second kappa shape index (κ2) is 8.83. The molecular formula is C22H23N7O2S. The standard InChI is InChI=1S/C22H23N7O2S/c1-15-18(20(30)29(27(15)4)17-13-9-6-10-14-17)28-22(23-24-25-28)32-19(21(31)26(2)3)16-11-7-5-8-12-16/h5-14,19H,1-4H3. The maximum Gasteiger partial charge on any atom is 0.297 e. The Morgan fingerprint density at radius 1 is 1.03 bits per heavy atom. The van der Waals surface area contributed by atoms with Crippen molar-refractivity contribution in [3.8, 4) is 11.4 Å². The number of likely N-dealkylation sites (N-methyl/N-ethyl adjacent to an activating group) is 1. The Morgan fingerprint density at radius 3 is 2.28 bits per heavy atom. The van der Waals surface area contributed by atoms with Crippen molar-refractivity contribution in [1.82, 2.24) is 34.5 Å². The van der Waals surface area contributed by atoms with Gasteiger partial charge < -0.3 is 4.90 Å². The number of tetrazole rings is 1. The zero-order chi connectivity index (χ0) is 22.8. The highest BCUT2D eigenvalue weighted by molar-refractivity contribution is 8.00. The van der Waals surface area contributed by atoms with E-state index in [1.807, 2.05) is 74.6 Å². The number of para-hydroxylation sites is 1. The second-order valence-corrected chi connectivity index (χ2v) is 8.50. The quantitative estimate of drug-likeness (QED) is 0.420. The fourth-order valence-corrected chi connectivity index (χ4v) is 4.55. The first-order chi connectivity index (χ1) is 15.4. The fourth-order valence-electron chi connectivity index (χ4n) is 3.42. The number of thioether (sulfide) groups is 1. The molecule has 1 amide bonds. The van der Waals surface area contributed by atoms with Crippen LogP contribution in [0.2, 0.25) is 0 Å². The molecule has 0 fully saturated rings. The lowest BCUT2D eigenvalue weighted by Crippen LogP contribution is -2.27. The molecule has 0 N–H and O–H groups in total. The highest BCUT2D eigenvalue weighted by Gasteiger charge is 2.28.